The van der Waals surface area contributed by atoms with Gasteiger partial charge in [0.05, 0.1) is 6.61 Å². The van der Waals surface area contributed by atoms with Crippen molar-refractivity contribution >= 4 is 25.5 Å². The van der Waals surface area contributed by atoms with Gasteiger partial charge in [-0.05, 0) is 70.3 Å². The molecular weight excluding hydrogens is 795 g/mol. The minimum Gasteiger partial charge on any atom is -0.462 e. The minimum atomic E-state index is -5.15. The lowest BCUT2D eigenvalue weighted by atomic mass is 9.85. The summed E-state index contributed by atoms with van der Waals surface area (Å²) in [6.07, 6.45) is 22.7. The van der Waals surface area contributed by atoms with Gasteiger partial charge in [0, 0.05) is 19.3 Å². The van der Waals surface area contributed by atoms with Gasteiger partial charge in [-0.25, -0.2) is 4.57 Å². The van der Waals surface area contributed by atoms with Crippen LogP contribution < -0.4 is 0 Å². The van der Waals surface area contributed by atoms with Crippen molar-refractivity contribution in [1.82, 2.24) is 0 Å². The summed E-state index contributed by atoms with van der Waals surface area (Å²) in [5.74, 6) is -1.15. The molecule has 15 heteroatoms. The van der Waals surface area contributed by atoms with Crippen LogP contribution >= 0.6 is 7.82 Å². The van der Waals surface area contributed by atoms with Gasteiger partial charge in [0.25, 0.3) is 0 Å². The first kappa shape index (κ1) is 55.5. The average Bonchev–Trinajstić information content (AvgIpc) is 3.22. The zero-order valence-electron chi connectivity index (χ0n) is 36.2. The maximum absolute atomic E-state index is 12.8. The van der Waals surface area contributed by atoms with Crippen molar-refractivity contribution in [3.8, 4) is 0 Å². The largest absolute Gasteiger partial charge is 0.472 e. The monoisotopic (exact) mass is 873 g/mol. The van der Waals surface area contributed by atoms with Crippen LogP contribution in [0.4, 0.5) is 0 Å². The SMILES string of the molecule is CCCCC/C=C\C=C\C(=O)CCCCCCCC(=O)O[C@H](COC(=O)CCCCCCC/C=C\C/C=C\CCCCC)COP(=O)(O)OC1[C@H](O)[C@H](O)C(O)[C@H](O)[C@H]1O. The standard InChI is InChI=1S/C45H77O14P/c1-3-5-7-9-11-12-13-14-15-16-17-18-20-24-28-32-38(47)56-34-37(35-57-60(54,55)59-45-43(52)41(50)40(49)42(51)44(45)53)58-39(48)33-29-25-21-23-27-31-36(46)30-26-22-19-10-8-6-4-2/h11-12,14-15,19,22,26,30,37,40-45,49-53H,3-10,13,16-18,20-21,23-25,27-29,31-35H2,1-2H3,(H,54,55)/b12-11-,15-14-,22-19-,30-26+/t37-,40?,41-,42+,43-,44-,45?/m1/s1. The third-order valence-corrected chi connectivity index (χ3v) is 11.1. The van der Waals surface area contributed by atoms with Gasteiger partial charge in [-0.15, -0.1) is 0 Å². The van der Waals surface area contributed by atoms with E-state index in [9.17, 15) is 49.4 Å². The first-order valence-electron chi connectivity index (χ1n) is 22.4. The topological polar surface area (TPSA) is 227 Å². The van der Waals surface area contributed by atoms with Gasteiger partial charge in [-0.1, -0.05) is 121 Å². The highest BCUT2D eigenvalue weighted by Crippen LogP contribution is 2.47. The maximum Gasteiger partial charge on any atom is 0.472 e. The smallest absolute Gasteiger partial charge is 0.462 e. The van der Waals surface area contributed by atoms with Gasteiger partial charge in [-0.3, -0.25) is 23.4 Å². The van der Waals surface area contributed by atoms with Crippen molar-refractivity contribution in [3.63, 3.8) is 0 Å². The number of aliphatic hydroxyl groups is 5. The number of allylic oxidation sites excluding steroid dienone is 8. The van der Waals surface area contributed by atoms with E-state index in [4.69, 9.17) is 18.5 Å². The number of phosphoric ester groups is 1. The first-order valence-corrected chi connectivity index (χ1v) is 23.9. The average molecular weight is 873 g/mol. The zero-order valence-corrected chi connectivity index (χ0v) is 37.1. The van der Waals surface area contributed by atoms with Crippen molar-refractivity contribution < 1.29 is 67.9 Å². The van der Waals surface area contributed by atoms with Crippen LogP contribution in [0.5, 0.6) is 0 Å². The Morgan fingerprint density at radius 2 is 1.05 bits per heavy atom. The predicted octanol–water partition coefficient (Wildman–Crippen LogP) is 7.57. The Kier molecular flexibility index (Phi) is 32.4. The number of carbonyl (C=O) groups excluding carboxylic acids is 3. The van der Waals surface area contributed by atoms with Crippen molar-refractivity contribution in [2.75, 3.05) is 13.2 Å². The fourth-order valence-electron chi connectivity index (χ4n) is 6.41. The number of hydrogen-bond acceptors (Lipinski definition) is 13. The molecule has 0 bridgehead atoms. The second-order valence-corrected chi connectivity index (χ2v) is 17.0. The van der Waals surface area contributed by atoms with Crippen molar-refractivity contribution in [2.45, 2.75) is 204 Å². The van der Waals surface area contributed by atoms with Crippen LogP contribution in [0.1, 0.15) is 162 Å². The zero-order chi connectivity index (χ0) is 44.4. The third-order valence-electron chi connectivity index (χ3n) is 10.1. The lowest BCUT2D eigenvalue weighted by Crippen LogP contribution is -2.64. The van der Waals surface area contributed by atoms with E-state index >= 15 is 0 Å². The lowest BCUT2D eigenvalue weighted by Gasteiger charge is -2.41. The summed E-state index contributed by atoms with van der Waals surface area (Å²) in [7, 11) is -5.15. The molecule has 346 valence electrons. The molecule has 1 saturated carbocycles. The van der Waals surface area contributed by atoms with Gasteiger partial charge in [0.15, 0.2) is 11.9 Å². The molecule has 1 aliphatic carbocycles. The molecule has 6 N–H and O–H groups in total. The molecule has 0 amide bonds. The molecule has 0 aliphatic heterocycles. The van der Waals surface area contributed by atoms with E-state index in [0.717, 1.165) is 77.0 Å². The van der Waals surface area contributed by atoms with Crippen LogP contribution in [0.15, 0.2) is 48.6 Å². The Bertz CT molecular complexity index is 1300. The van der Waals surface area contributed by atoms with Gasteiger partial charge in [-0.2, -0.15) is 0 Å². The van der Waals surface area contributed by atoms with Gasteiger partial charge >= 0.3 is 19.8 Å². The fraction of sp³-hybridized carbons (Fsp3) is 0.756. The number of aliphatic hydroxyl groups excluding tert-OH is 5. The molecule has 0 aromatic rings. The van der Waals surface area contributed by atoms with E-state index in [1.165, 1.54) is 32.1 Å². The predicted molar refractivity (Wildman–Crippen MR) is 231 cm³/mol. The number of carbonyl (C=O) groups is 3. The quantitative estimate of drug-likeness (QED) is 0.00892. The molecule has 14 nitrogen and oxygen atoms in total. The fourth-order valence-corrected chi connectivity index (χ4v) is 7.39. The molecule has 8 atom stereocenters. The molecule has 60 heavy (non-hydrogen) atoms. The molecule has 0 aromatic carbocycles. The van der Waals surface area contributed by atoms with E-state index in [1.807, 2.05) is 6.08 Å². The van der Waals surface area contributed by atoms with E-state index in [0.29, 0.717) is 25.7 Å². The summed E-state index contributed by atoms with van der Waals surface area (Å²) in [5.41, 5.74) is 0. The maximum atomic E-state index is 12.8. The Labute approximate surface area is 358 Å². The molecular formula is C45H77O14P. The molecule has 0 spiro atoms. The molecule has 1 aliphatic rings. The number of ether oxygens (including phenoxy) is 2. The van der Waals surface area contributed by atoms with Gasteiger partial charge < -0.3 is 39.9 Å². The number of hydrogen-bond donors (Lipinski definition) is 6. The highest BCUT2D eigenvalue weighted by Gasteiger charge is 2.51. The highest BCUT2D eigenvalue weighted by atomic mass is 31.2. The van der Waals surface area contributed by atoms with E-state index in [2.05, 4.69) is 44.2 Å². The molecule has 0 saturated heterocycles. The molecule has 0 radical (unpaired) electrons. The molecule has 1 fully saturated rings. The van der Waals surface area contributed by atoms with Gasteiger partial charge in [0.2, 0.25) is 0 Å². The Morgan fingerprint density at radius 3 is 1.63 bits per heavy atom. The molecule has 1 rings (SSSR count). The normalized spacial score (nSPS) is 22.5. The van der Waals surface area contributed by atoms with Crippen LogP contribution in [0.2, 0.25) is 0 Å². The summed E-state index contributed by atoms with van der Waals surface area (Å²) in [5, 5.41) is 50.1. The van der Waals surface area contributed by atoms with Crippen molar-refractivity contribution in [2.24, 2.45) is 0 Å². The summed E-state index contributed by atoms with van der Waals surface area (Å²) in [4.78, 5) is 47.7. The second kappa shape index (κ2) is 35.0. The van der Waals surface area contributed by atoms with E-state index in [-0.39, 0.29) is 18.6 Å². The Balaban J connectivity index is 2.53. The number of esters is 2. The van der Waals surface area contributed by atoms with Crippen LogP contribution in [-0.2, 0) is 37.5 Å². The summed E-state index contributed by atoms with van der Waals surface area (Å²) in [6.45, 7) is 3.09. The van der Waals surface area contributed by atoms with Crippen molar-refractivity contribution in [3.05, 3.63) is 48.6 Å². The minimum absolute atomic E-state index is 0.00845. The third kappa shape index (κ3) is 27.4. The number of ketones is 1. The lowest BCUT2D eigenvalue weighted by molar-refractivity contribution is -0.220. The number of rotatable bonds is 36. The Hall–Kier alpha value is -2.52. The van der Waals surface area contributed by atoms with Crippen molar-refractivity contribution in [1.29, 1.82) is 0 Å². The van der Waals surface area contributed by atoms with Crippen LogP contribution in [0.3, 0.4) is 0 Å². The van der Waals surface area contributed by atoms with Crippen LogP contribution in [0, 0.1) is 0 Å². The summed E-state index contributed by atoms with van der Waals surface area (Å²) >= 11 is 0. The molecule has 0 heterocycles. The summed E-state index contributed by atoms with van der Waals surface area (Å²) in [6, 6.07) is 0. The number of unbranched alkanes of at least 4 members (excludes halogenated alkanes) is 15. The summed E-state index contributed by atoms with van der Waals surface area (Å²) < 4.78 is 33.4. The van der Waals surface area contributed by atoms with E-state index < -0.39 is 75.7 Å². The van der Waals surface area contributed by atoms with Gasteiger partial charge in [0.1, 0.15) is 43.2 Å². The second-order valence-electron chi connectivity index (χ2n) is 15.6. The highest BCUT2D eigenvalue weighted by molar-refractivity contribution is 7.47. The number of phosphoric acid groups is 1. The molecule has 0 aromatic heterocycles. The Morgan fingerprint density at radius 1 is 0.567 bits per heavy atom. The van der Waals surface area contributed by atoms with E-state index in [1.54, 1.807) is 12.2 Å². The van der Waals surface area contributed by atoms with Crippen LogP contribution in [0.25, 0.3) is 0 Å². The first-order chi connectivity index (χ1) is 28.8. The van der Waals surface area contributed by atoms with Crippen LogP contribution in [-0.4, -0.2) is 104 Å². The molecule has 3 unspecified atom stereocenters.